The Balaban J connectivity index is 1.26. The number of phenolic OH excluding ortho intramolecular Hbond substituents is 13. The molecule has 0 radical (unpaired) electrons. The van der Waals surface area contributed by atoms with Crippen LogP contribution in [0.2, 0.25) is 0 Å². The molecule has 21 nitrogen and oxygen atoms in total. The molecule has 0 aliphatic carbocycles. The van der Waals surface area contributed by atoms with Crippen molar-refractivity contribution in [2.24, 2.45) is 0 Å². The first-order valence-corrected chi connectivity index (χ1v) is 23.1. The van der Waals surface area contributed by atoms with Crippen molar-refractivity contribution in [1.29, 1.82) is 0 Å². The Bertz CT molecular complexity index is 3540. The summed E-state index contributed by atoms with van der Waals surface area (Å²) in [6.45, 7) is 0. The molecule has 0 bridgehead atoms. The molecule has 0 saturated heterocycles. The SMILES string of the molecule is O=C1C[C@H](c2ccc(O)c(O)c2)c2c(c([C@H]3c4c(O)cc(O)cc4O[C@H](c4ccc(O)c(O)c4)[C@@H]3O)c(O)c3c2O[C@H](c2ccc(O)c(O)c2)[C@H](O)[C@H]3c2c(O)cc(O)c3c2O[C@H](c2ccc(O)c(O)c2)[C@H](O)C3)O1. The highest BCUT2D eigenvalue weighted by Gasteiger charge is 2.53. The second kappa shape index (κ2) is 17.4. The van der Waals surface area contributed by atoms with E-state index in [0.717, 1.165) is 66.7 Å². The van der Waals surface area contributed by atoms with Gasteiger partial charge in [0.15, 0.2) is 58.2 Å². The third kappa shape index (κ3) is 7.62. The minimum Gasteiger partial charge on any atom is -0.508 e. The maximum absolute atomic E-state index is 14.1. The van der Waals surface area contributed by atoms with Gasteiger partial charge in [-0.15, -0.1) is 0 Å². The summed E-state index contributed by atoms with van der Waals surface area (Å²) < 4.78 is 25.5. The summed E-state index contributed by atoms with van der Waals surface area (Å²) in [5, 5.41) is 181. The first-order chi connectivity index (χ1) is 35.7. The molecule has 75 heavy (non-hydrogen) atoms. The zero-order valence-corrected chi connectivity index (χ0v) is 38.5. The molecule has 4 aliphatic heterocycles. The molecule has 16 N–H and O–H groups in total. The van der Waals surface area contributed by atoms with Crippen molar-refractivity contribution < 1.29 is 105 Å². The average molecular weight is 1030 g/mol. The van der Waals surface area contributed by atoms with Crippen LogP contribution in [0, 0.1) is 0 Å². The first kappa shape index (κ1) is 48.0. The van der Waals surface area contributed by atoms with Crippen molar-refractivity contribution in [3.8, 4) is 97.7 Å². The zero-order chi connectivity index (χ0) is 53.2. The van der Waals surface area contributed by atoms with Crippen LogP contribution < -0.4 is 18.9 Å². The topological polar surface area (TPSA) is 378 Å². The van der Waals surface area contributed by atoms with E-state index in [2.05, 4.69) is 0 Å². The molecule has 0 amide bonds. The predicted molar refractivity (Wildman–Crippen MR) is 254 cm³/mol. The number of fused-ring (bicyclic) bond motifs is 5. The van der Waals surface area contributed by atoms with E-state index >= 15 is 0 Å². The standard InChI is InChI=1S/C54H44O21/c55-22-13-34(65)40-37(14-22)72-50(20-3-7-27(58)32(63)11-20)47(70)42(40)44-46(69)45-43(41-35(66)17-29(60)24-15-36(67)49(74-52(24)41)19-2-6-26(57)31(62)10-19)48(71)51(21-4-8-28(59)33(64)12-21)75-54(45)39-23(16-38(68)73-53(39)44)18-1-5-25(56)30(61)9-18/h1-14,17,23,36,42-43,47-51,55-67,69-71H,15-16H2/t23-,36-,42-,43+,47-,48-,49-,50-,51-/m1/s1. The zero-order valence-electron chi connectivity index (χ0n) is 38.5. The van der Waals surface area contributed by atoms with Crippen molar-refractivity contribution in [3.63, 3.8) is 0 Å². The summed E-state index contributed by atoms with van der Waals surface area (Å²) in [5.74, 6) is -15.9. The second-order valence-corrected chi connectivity index (χ2v) is 18.8. The molecule has 21 heteroatoms. The first-order valence-electron chi connectivity index (χ1n) is 23.1. The van der Waals surface area contributed by atoms with Gasteiger partial charge in [-0.25, -0.2) is 0 Å². The molecule has 0 spiro atoms. The van der Waals surface area contributed by atoms with Gasteiger partial charge in [0.2, 0.25) is 0 Å². The molecule has 386 valence electrons. The molecule has 4 heterocycles. The van der Waals surface area contributed by atoms with Crippen LogP contribution in [-0.4, -0.2) is 106 Å². The molecule has 0 fully saturated rings. The summed E-state index contributed by atoms with van der Waals surface area (Å²) in [5.41, 5.74) is -1.76. The van der Waals surface area contributed by atoms with Gasteiger partial charge in [0, 0.05) is 63.9 Å². The highest BCUT2D eigenvalue weighted by Crippen LogP contribution is 2.65. The molecular formula is C54H44O21. The monoisotopic (exact) mass is 1030 g/mol. The number of rotatable bonds is 6. The van der Waals surface area contributed by atoms with E-state index in [-0.39, 0.29) is 50.4 Å². The minimum atomic E-state index is -2.04. The minimum absolute atomic E-state index is 0.00476. The predicted octanol–water partition coefficient (Wildman–Crippen LogP) is 5.59. The number of ether oxygens (including phenoxy) is 4. The number of aliphatic hydroxyl groups excluding tert-OH is 3. The van der Waals surface area contributed by atoms with Crippen LogP contribution in [0.1, 0.15) is 98.1 Å². The maximum Gasteiger partial charge on any atom is 0.312 e. The summed E-state index contributed by atoms with van der Waals surface area (Å²) >= 11 is 0. The number of hydrogen-bond acceptors (Lipinski definition) is 21. The van der Waals surface area contributed by atoms with Crippen molar-refractivity contribution in [3.05, 3.63) is 147 Å². The van der Waals surface area contributed by atoms with Gasteiger partial charge in [-0.1, -0.05) is 24.3 Å². The van der Waals surface area contributed by atoms with Crippen molar-refractivity contribution >= 4 is 5.97 Å². The van der Waals surface area contributed by atoms with Gasteiger partial charge in [0.1, 0.15) is 70.1 Å². The van der Waals surface area contributed by atoms with E-state index < -0.39 is 176 Å². The number of aliphatic hydroxyl groups is 3. The Kier molecular flexibility index (Phi) is 11.2. The summed E-state index contributed by atoms with van der Waals surface area (Å²) in [4.78, 5) is 14.1. The van der Waals surface area contributed by atoms with Gasteiger partial charge >= 0.3 is 5.97 Å². The van der Waals surface area contributed by atoms with E-state index in [0.29, 0.717) is 0 Å². The highest BCUT2D eigenvalue weighted by molar-refractivity contribution is 5.83. The molecule has 0 aromatic heterocycles. The van der Waals surface area contributed by atoms with Gasteiger partial charge in [-0.3, -0.25) is 4.79 Å². The highest BCUT2D eigenvalue weighted by atomic mass is 16.5. The van der Waals surface area contributed by atoms with Crippen LogP contribution in [-0.2, 0) is 11.2 Å². The number of aromatic hydroxyl groups is 13. The summed E-state index contributed by atoms with van der Waals surface area (Å²) in [6.07, 6.45) is -11.2. The second-order valence-electron chi connectivity index (χ2n) is 18.8. The molecule has 0 saturated carbocycles. The number of phenols is 13. The Morgan fingerprint density at radius 1 is 0.387 bits per heavy atom. The Morgan fingerprint density at radius 3 is 1.41 bits per heavy atom. The molecule has 4 aliphatic rings. The molecule has 11 rings (SSSR count). The fourth-order valence-electron chi connectivity index (χ4n) is 10.9. The Labute approximate surface area is 421 Å². The van der Waals surface area contributed by atoms with Crippen LogP contribution >= 0.6 is 0 Å². The number of esters is 1. The molecule has 0 unspecified atom stereocenters. The fourth-order valence-corrected chi connectivity index (χ4v) is 10.9. The normalized spacial score (nSPS) is 23.5. The van der Waals surface area contributed by atoms with E-state index in [1.807, 2.05) is 0 Å². The molecular weight excluding hydrogens is 985 g/mol. The summed E-state index contributed by atoms with van der Waals surface area (Å²) in [7, 11) is 0. The lowest BCUT2D eigenvalue weighted by Crippen LogP contribution is -2.39. The van der Waals surface area contributed by atoms with Crippen LogP contribution in [0.15, 0.2) is 91.0 Å². The largest absolute Gasteiger partial charge is 0.508 e. The van der Waals surface area contributed by atoms with E-state index in [1.54, 1.807) is 0 Å². The van der Waals surface area contributed by atoms with Crippen LogP contribution in [0.5, 0.6) is 97.7 Å². The lowest BCUT2D eigenvalue weighted by atomic mass is 9.71. The Morgan fingerprint density at radius 2 is 0.853 bits per heavy atom. The van der Waals surface area contributed by atoms with Gasteiger partial charge in [-0.05, 0) is 70.8 Å². The van der Waals surface area contributed by atoms with Crippen LogP contribution in [0.3, 0.4) is 0 Å². The number of hydrogen-bond donors (Lipinski definition) is 16. The average Bonchev–Trinajstić information content (AvgIpc) is 3.38. The molecule has 7 aromatic rings. The number of carbonyl (C=O) groups is 1. The molecule has 9 atom stereocenters. The molecule has 7 aromatic carbocycles. The summed E-state index contributed by atoms with van der Waals surface area (Å²) in [6, 6.07) is 16.9. The van der Waals surface area contributed by atoms with Crippen molar-refractivity contribution in [2.75, 3.05) is 0 Å². The van der Waals surface area contributed by atoms with Crippen molar-refractivity contribution in [1.82, 2.24) is 0 Å². The van der Waals surface area contributed by atoms with Gasteiger partial charge in [0.05, 0.1) is 24.4 Å². The fraction of sp³-hybridized carbons (Fsp3) is 0.204. The van der Waals surface area contributed by atoms with E-state index in [4.69, 9.17) is 18.9 Å². The Hall–Kier alpha value is -9.31. The third-order valence-electron chi connectivity index (χ3n) is 14.3. The third-order valence-corrected chi connectivity index (χ3v) is 14.3. The number of benzene rings is 7. The lowest BCUT2D eigenvalue weighted by Gasteiger charge is -2.44. The van der Waals surface area contributed by atoms with E-state index in [1.165, 1.54) is 24.3 Å². The van der Waals surface area contributed by atoms with Crippen LogP contribution in [0.25, 0.3) is 0 Å². The van der Waals surface area contributed by atoms with Crippen molar-refractivity contribution in [2.45, 2.75) is 67.2 Å². The van der Waals surface area contributed by atoms with E-state index in [9.17, 15) is 86.5 Å². The van der Waals surface area contributed by atoms with Gasteiger partial charge in [-0.2, -0.15) is 0 Å². The quantitative estimate of drug-likeness (QED) is 0.0548. The van der Waals surface area contributed by atoms with Crippen LogP contribution in [0.4, 0.5) is 0 Å². The smallest absolute Gasteiger partial charge is 0.312 e. The van der Waals surface area contributed by atoms with Gasteiger partial charge in [0.25, 0.3) is 0 Å². The van der Waals surface area contributed by atoms with Gasteiger partial charge < -0.3 is 101 Å². The number of carbonyl (C=O) groups excluding carboxylic acids is 1. The lowest BCUT2D eigenvalue weighted by molar-refractivity contribution is -0.135. The maximum atomic E-state index is 14.1.